The van der Waals surface area contributed by atoms with Gasteiger partial charge in [-0.15, -0.1) is 0 Å². The summed E-state index contributed by atoms with van der Waals surface area (Å²) in [5.41, 5.74) is 3.37. The van der Waals surface area contributed by atoms with Crippen molar-refractivity contribution < 1.29 is 4.79 Å². The Labute approximate surface area is 125 Å². The number of aromatic nitrogens is 2. The summed E-state index contributed by atoms with van der Waals surface area (Å²) in [6.45, 7) is 2.74. The number of carbonyl (C=O) groups excluding carboxylic acids is 1. The van der Waals surface area contributed by atoms with Gasteiger partial charge < -0.3 is 4.90 Å². The lowest BCUT2D eigenvalue weighted by Crippen LogP contribution is -2.24. The fourth-order valence-electron chi connectivity index (χ4n) is 2.05. The van der Waals surface area contributed by atoms with Gasteiger partial charge in [-0.25, -0.2) is 0 Å². The first-order valence-electron chi connectivity index (χ1n) is 7.08. The Hall–Kier alpha value is -2.36. The van der Waals surface area contributed by atoms with Gasteiger partial charge in [0.1, 0.15) is 0 Å². The molecule has 0 aliphatic carbocycles. The first kappa shape index (κ1) is 15.0. The van der Waals surface area contributed by atoms with Gasteiger partial charge in [0.2, 0.25) is 5.91 Å². The molecule has 0 fully saturated rings. The van der Waals surface area contributed by atoms with Crippen LogP contribution >= 0.6 is 0 Å². The molecule has 0 bridgehead atoms. The fourth-order valence-corrected chi connectivity index (χ4v) is 2.05. The van der Waals surface area contributed by atoms with Gasteiger partial charge in [-0.3, -0.25) is 9.48 Å². The monoisotopic (exact) mass is 283 g/mol. The molecule has 4 heteroatoms. The Balaban J connectivity index is 1.93. The van der Waals surface area contributed by atoms with Crippen molar-refractivity contribution in [3.63, 3.8) is 0 Å². The number of carbonyl (C=O) groups is 1. The molecule has 0 atom stereocenters. The second kappa shape index (κ2) is 6.88. The molecule has 0 unspecified atom stereocenters. The molecule has 4 nitrogen and oxygen atoms in total. The molecule has 0 spiro atoms. The Morgan fingerprint density at radius 1 is 1.29 bits per heavy atom. The molecular weight excluding hydrogens is 262 g/mol. The summed E-state index contributed by atoms with van der Waals surface area (Å²) in [6, 6.07) is 8.37. The van der Waals surface area contributed by atoms with E-state index in [-0.39, 0.29) is 5.91 Å². The standard InChI is InChI=1S/C17H21N3O/c1-4-14-5-7-15(8-6-14)12-19(2)17(21)10-9-16-11-18-20(3)13-16/h5-11,13H,4,12H2,1-3H3. The lowest BCUT2D eigenvalue weighted by atomic mass is 10.1. The quantitative estimate of drug-likeness (QED) is 0.791. The molecule has 110 valence electrons. The van der Waals surface area contributed by atoms with Gasteiger partial charge in [-0.1, -0.05) is 31.2 Å². The van der Waals surface area contributed by atoms with Crippen LogP contribution in [-0.2, 0) is 24.8 Å². The zero-order valence-corrected chi connectivity index (χ0v) is 12.8. The van der Waals surface area contributed by atoms with Crippen LogP contribution in [0.3, 0.4) is 0 Å². The van der Waals surface area contributed by atoms with Crippen LogP contribution < -0.4 is 0 Å². The van der Waals surface area contributed by atoms with Crippen molar-refractivity contribution in [2.24, 2.45) is 7.05 Å². The lowest BCUT2D eigenvalue weighted by molar-refractivity contribution is -0.125. The van der Waals surface area contributed by atoms with E-state index in [1.54, 1.807) is 27.9 Å². The third-order valence-corrected chi connectivity index (χ3v) is 3.37. The van der Waals surface area contributed by atoms with E-state index in [4.69, 9.17) is 0 Å². The molecule has 1 heterocycles. The van der Waals surface area contributed by atoms with Crippen molar-refractivity contribution >= 4 is 12.0 Å². The second-order valence-corrected chi connectivity index (χ2v) is 5.15. The van der Waals surface area contributed by atoms with Crippen molar-refractivity contribution in [1.82, 2.24) is 14.7 Å². The third kappa shape index (κ3) is 4.31. The Kier molecular flexibility index (Phi) is 4.93. The van der Waals surface area contributed by atoms with Gasteiger partial charge in [0.15, 0.2) is 0 Å². The van der Waals surface area contributed by atoms with Gasteiger partial charge in [-0.05, 0) is 23.6 Å². The summed E-state index contributed by atoms with van der Waals surface area (Å²) in [4.78, 5) is 13.8. The molecule has 0 saturated carbocycles. The van der Waals surface area contributed by atoms with Crippen molar-refractivity contribution in [1.29, 1.82) is 0 Å². The predicted octanol–water partition coefficient (Wildman–Crippen LogP) is 2.65. The summed E-state index contributed by atoms with van der Waals surface area (Å²) < 4.78 is 1.71. The molecule has 0 N–H and O–H groups in total. The maximum atomic E-state index is 12.1. The van der Waals surface area contributed by atoms with Crippen LogP contribution in [0.15, 0.2) is 42.7 Å². The number of rotatable bonds is 5. The minimum absolute atomic E-state index is 0.0154. The molecule has 21 heavy (non-hydrogen) atoms. The highest BCUT2D eigenvalue weighted by atomic mass is 16.2. The average Bonchev–Trinajstić information content (AvgIpc) is 2.91. The van der Waals surface area contributed by atoms with Crippen LogP contribution in [-0.4, -0.2) is 27.6 Å². The fraction of sp³-hybridized carbons (Fsp3) is 0.294. The molecule has 1 aromatic carbocycles. The van der Waals surface area contributed by atoms with Crippen LogP contribution in [0, 0.1) is 0 Å². The molecule has 0 radical (unpaired) electrons. The number of amides is 1. The van der Waals surface area contributed by atoms with E-state index in [0.29, 0.717) is 6.54 Å². The maximum Gasteiger partial charge on any atom is 0.246 e. The lowest BCUT2D eigenvalue weighted by Gasteiger charge is -2.15. The molecule has 1 amide bonds. The first-order valence-corrected chi connectivity index (χ1v) is 7.08. The molecular formula is C17H21N3O. The summed E-state index contributed by atoms with van der Waals surface area (Å²) in [5.74, 6) is -0.0154. The Morgan fingerprint density at radius 3 is 2.52 bits per heavy atom. The molecule has 1 aromatic heterocycles. The number of nitrogens with zero attached hydrogens (tertiary/aromatic N) is 3. The topological polar surface area (TPSA) is 38.1 Å². The zero-order valence-electron chi connectivity index (χ0n) is 12.8. The van der Waals surface area contributed by atoms with Crippen LogP contribution in [0.4, 0.5) is 0 Å². The van der Waals surface area contributed by atoms with Crippen molar-refractivity contribution in [2.75, 3.05) is 7.05 Å². The smallest absolute Gasteiger partial charge is 0.246 e. The molecule has 0 saturated heterocycles. The van der Waals surface area contributed by atoms with Crippen LogP contribution in [0.1, 0.15) is 23.6 Å². The van der Waals surface area contributed by atoms with E-state index in [1.165, 1.54) is 5.56 Å². The highest BCUT2D eigenvalue weighted by molar-refractivity contribution is 5.91. The average molecular weight is 283 g/mol. The SMILES string of the molecule is CCc1ccc(CN(C)C(=O)C=Cc2cnn(C)c2)cc1. The van der Waals surface area contributed by atoms with E-state index in [9.17, 15) is 4.79 Å². The van der Waals surface area contributed by atoms with E-state index < -0.39 is 0 Å². The highest BCUT2D eigenvalue weighted by Gasteiger charge is 2.06. The second-order valence-electron chi connectivity index (χ2n) is 5.15. The summed E-state index contributed by atoms with van der Waals surface area (Å²) in [5, 5.41) is 4.06. The minimum Gasteiger partial charge on any atom is -0.338 e. The van der Waals surface area contributed by atoms with Gasteiger partial charge in [0.25, 0.3) is 0 Å². The number of benzene rings is 1. The minimum atomic E-state index is -0.0154. The predicted molar refractivity (Wildman–Crippen MR) is 84.5 cm³/mol. The third-order valence-electron chi connectivity index (χ3n) is 3.37. The molecule has 0 aliphatic heterocycles. The van der Waals surface area contributed by atoms with Crippen LogP contribution in [0.25, 0.3) is 6.08 Å². The van der Waals surface area contributed by atoms with Gasteiger partial charge in [0.05, 0.1) is 6.20 Å². The highest BCUT2D eigenvalue weighted by Crippen LogP contribution is 2.08. The van der Waals surface area contributed by atoms with E-state index in [0.717, 1.165) is 17.5 Å². The molecule has 2 rings (SSSR count). The van der Waals surface area contributed by atoms with Gasteiger partial charge in [-0.2, -0.15) is 5.10 Å². The summed E-state index contributed by atoms with van der Waals surface area (Å²) in [6.07, 6.45) is 7.99. The van der Waals surface area contributed by atoms with E-state index in [1.807, 2.05) is 20.3 Å². The Bertz CT molecular complexity index is 626. The summed E-state index contributed by atoms with van der Waals surface area (Å²) in [7, 11) is 3.66. The van der Waals surface area contributed by atoms with E-state index >= 15 is 0 Å². The van der Waals surface area contributed by atoms with Crippen molar-refractivity contribution in [3.8, 4) is 0 Å². The normalized spacial score (nSPS) is 11.0. The Morgan fingerprint density at radius 2 is 1.95 bits per heavy atom. The molecule has 0 aliphatic rings. The number of aryl methyl sites for hydroxylation is 2. The first-order chi connectivity index (χ1) is 10.1. The van der Waals surface area contributed by atoms with Gasteiger partial charge >= 0.3 is 0 Å². The number of hydrogen-bond donors (Lipinski definition) is 0. The largest absolute Gasteiger partial charge is 0.338 e. The van der Waals surface area contributed by atoms with E-state index in [2.05, 4.69) is 36.3 Å². The number of likely N-dealkylation sites (N-methyl/N-ethyl adjacent to an activating group) is 1. The van der Waals surface area contributed by atoms with Crippen LogP contribution in [0.5, 0.6) is 0 Å². The van der Waals surface area contributed by atoms with Crippen LogP contribution in [0.2, 0.25) is 0 Å². The van der Waals surface area contributed by atoms with Crippen molar-refractivity contribution in [2.45, 2.75) is 19.9 Å². The van der Waals surface area contributed by atoms with Gasteiger partial charge in [0, 0.05) is 38.5 Å². The number of hydrogen-bond acceptors (Lipinski definition) is 2. The zero-order chi connectivity index (χ0) is 15.2. The molecule has 2 aromatic rings. The maximum absolute atomic E-state index is 12.1. The summed E-state index contributed by atoms with van der Waals surface area (Å²) >= 11 is 0. The van der Waals surface area contributed by atoms with Crippen molar-refractivity contribution in [3.05, 3.63) is 59.4 Å².